The molecule has 3 N–H and O–H groups in total. The Morgan fingerprint density at radius 3 is 2.90 bits per heavy atom. The highest BCUT2D eigenvalue weighted by Crippen LogP contribution is 2.38. The Balaban J connectivity index is 1.91. The molecule has 20 heavy (non-hydrogen) atoms. The highest BCUT2D eigenvalue weighted by atomic mass is 32.1. The molecule has 0 bridgehead atoms. The van der Waals surface area contributed by atoms with E-state index in [0.29, 0.717) is 16.1 Å². The van der Waals surface area contributed by atoms with Crippen LogP contribution in [0.15, 0.2) is 12.4 Å². The van der Waals surface area contributed by atoms with Crippen molar-refractivity contribution in [3.05, 3.63) is 34.0 Å². The van der Waals surface area contributed by atoms with Crippen LogP contribution in [0.25, 0.3) is 0 Å². The lowest BCUT2D eigenvalue weighted by atomic mass is 10.1. The molecule has 1 aliphatic carbocycles. The summed E-state index contributed by atoms with van der Waals surface area (Å²) in [4.78, 5) is 24.9. The normalized spacial score (nSPS) is 13.2. The topological polar surface area (TPSA) is 90.0 Å². The number of hydrogen-bond acceptors (Lipinski definition) is 4. The van der Waals surface area contributed by atoms with Crippen LogP contribution in [0.1, 0.15) is 37.6 Å². The Morgan fingerprint density at radius 1 is 1.45 bits per heavy atom. The molecule has 2 aromatic rings. The smallest absolute Gasteiger partial charge is 0.259 e. The molecule has 2 heterocycles. The minimum Gasteiger partial charge on any atom is -0.365 e. The summed E-state index contributed by atoms with van der Waals surface area (Å²) in [5.74, 6) is -0.758. The molecular formula is C13H14N4O2S. The van der Waals surface area contributed by atoms with E-state index in [-0.39, 0.29) is 5.91 Å². The van der Waals surface area contributed by atoms with Gasteiger partial charge in [-0.25, -0.2) is 0 Å². The SMILES string of the molecule is Cn1cc(C(=O)Nc2sc3c(c2C(N)=O)CCC3)cn1. The van der Waals surface area contributed by atoms with Gasteiger partial charge in [0, 0.05) is 18.1 Å². The molecular weight excluding hydrogens is 276 g/mol. The molecule has 0 saturated carbocycles. The maximum absolute atomic E-state index is 12.1. The molecule has 6 nitrogen and oxygen atoms in total. The quantitative estimate of drug-likeness (QED) is 0.893. The maximum Gasteiger partial charge on any atom is 0.259 e. The first-order valence-corrected chi connectivity index (χ1v) is 7.12. The van der Waals surface area contributed by atoms with Gasteiger partial charge in [0.25, 0.3) is 11.8 Å². The lowest BCUT2D eigenvalue weighted by Gasteiger charge is -2.04. The van der Waals surface area contributed by atoms with Crippen LogP contribution in [0.5, 0.6) is 0 Å². The average Bonchev–Trinajstić information content (AvgIpc) is 3.03. The number of nitrogens with two attached hydrogens (primary N) is 1. The number of aromatic nitrogens is 2. The number of amides is 2. The summed E-state index contributed by atoms with van der Waals surface area (Å²) in [7, 11) is 1.74. The van der Waals surface area contributed by atoms with Gasteiger partial charge in [0.05, 0.1) is 17.3 Å². The second-order valence-electron chi connectivity index (χ2n) is 4.78. The van der Waals surface area contributed by atoms with Crippen LogP contribution in [0, 0.1) is 0 Å². The molecule has 0 spiro atoms. The van der Waals surface area contributed by atoms with Crippen molar-refractivity contribution >= 4 is 28.2 Å². The van der Waals surface area contributed by atoms with Crippen LogP contribution in [0.2, 0.25) is 0 Å². The summed E-state index contributed by atoms with van der Waals surface area (Å²) < 4.78 is 1.55. The van der Waals surface area contributed by atoms with Gasteiger partial charge in [-0.05, 0) is 24.8 Å². The van der Waals surface area contributed by atoms with E-state index in [1.54, 1.807) is 17.9 Å². The van der Waals surface area contributed by atoms with Crippen molar-refractivity contribution in [2.45, 2.75) is 19.3 Å². The molecule has 0 radical (unpaired) electrons. The van der Waals surface area contributed by atoms with Gasteiger partial charge in [-0.2, -0.15) is 5.10 Å². The van der Waals surface area contributed by atoms with E-state index >= 15 is 0 Å². The summed E-state index contributed by atoms with van der Waals surface area (Å²) in [5, 5.41) is 7.28. The van der Waals surface area contributed by atoms with Crippen LogP contribution >= 0.6 is 11.3 Å². The van der Waals surface area contributed by atoms with Crippen LogP contribution < -0.4 is 11.1 Å². The van der Waals surface area contributed by atoms with Gasteiger partial charge >= 0.3 is 0 Å². The van der Waals surface area contributed by atoms with Gasteiger partial charge < -0.3 is 11.1 Å². The fourth-order valence-electron chi connectivity index (χ4n) is 2.47. The maximum atomic E-state index is 12.1. The van der Waals surface area contributed by atoms with E-state index in [9.17, 15) is 9.59 Å². The second kappa shape index (κ2) is 4.75. The Morgan fingerprint density at radius 2 is 2.25 bits per heavy atom. The van der Waals surface area contributed by atoms with E-state index in [4.69, 9.17) is 5.73 Å². The van der Waals surface area contributed by atoms with Gasteiger partial charge in [0.2, 0.25) is 0 Å². The van der Waals surface area contributed by atoms with E-state index in [2.05, 4.69) is 10.4 Å². The molecule has 2 amide bonds. The lowest BCUT2D eigenvalue weighted by Crippen LogP contribution is -2.17. The highest BCUT2D eigenvalue weighted by molar-refractivity contribution is 7.17. The largest absolute Gasteiger partial charge is 0.365 e. The summed E-state index contributed by atoms with van der Waals surface area (Å²) >= 11 is 1.45. The van der Waals surface area contributed by atoms with Crippen LogP contribution in [0.4, 0.5) is 5.00 Å². The highest BCUT2D eigenvalue weighted by Gasteiger charge is 2.26. The van der Waals surface area contributed by atoms with Crippen molar-refractivity contribution in [1.82, 2.24) is 9.78 Å². The molecule has 2 aromatic heterocycles. The number of aryl methyl sites for hydroxylation is 2. The first-order valence-electron chi connectivity index (χ1n) is 6.30. The molecule has 0 atom stereocenters. The van der Waals surface area contributed by atoms with Crippen LogP contribution in [-0.2, 0) is 19.9 Å². The van der Waals surface area contributed by atoms with E-state index in [1.807, 2.05) is 0 Å². The van der Waals surface area contributed by atoms with Crippen LogP contribution in [0.3, 0.4) is 0 Å². The van der Waals surface area contributed by atoms with Gasteiger partial charge in [-0.15, -0.1) is 11.3 Å². The molecule has 0 aromatic carbocycles. The minimum absolute atomic E-state index is 0.277. The monoisotopic (exact) mass is 290 g/mol. The number of fused-ring (bicyclic) bond motifs is 1. The van der Waals surface area contributed by atoms with Crippen molar-refractivity contribution in [2.24, 2.45) is 12.8 Å². The molecule has 0 saturated heterocycles. The lowest BCUT2D eigenvalue weighted by molar-refractivity contribution is 0.100. The van der Waals surface area contributed by atoms with Crippen molar-refractivity contribution < 1.29 is 9.59 Å². The molecule has 0 aliphatic heterocycles. The van der Waals surface area contributed by atoms with Crippen molar-refractivity contribution in [3.8, 4) is 0 Å². The van der Waals surface area contributed by atoms with Gasteiger partial charge in [-0.3, -0.25) is 14.3 Å². The zero-order valence-electron chi connectivity index (χ0n) is 11.0. The van der Waals surface area contributed by atoms with Gasteiger partial charge in [0.1, 0.15) is 5.00 Å². The summed E-state index contributed by atoms with van der Waals surface area (Å²) in [5.41, 5.74) is 7.38. The van der Waals surface area contributed by atoms with Crippen molar-refractivity contribution in [2.75, 3.05) is 5.32 Å². The average molecular weight is 290 g/mol. The first-order chi connectivity index (χ1) is 9.56. The summed E-state index contributed by atoms with van der Waals surface area (Å²) in [6.45, 7) is 0. The number of primary amides is 1. The zero-order chi connectivity index (χ0) is 14.3. The molecule has 0 fully saturated rings. The van der Waals surface area contributed by atoms with E-state index < -0.39 is 5.91 Å². The zero-order valence-corrected chi connectivity index (χ0v) is 11.8. The Kier molecular flexibility index (Phi) is 3.06. The summed E-state index contributed by atoms with van der Waals surface area (Å²) in [6, 6.07) is 0. The third kappa shape index (κ3) is 2.09. The number of thiophene rings is 1. The van der Waals surface area contributed by atoms with Gasteiger partial charge in [0.15, 0.2) is 0 Å². The number of nitrogens with one attached hydrogen (secondary N) is 1. The minimum atomic E-state index is -0.481. The van der Waals surface area contributed by atoms with Crippen molar-refractivity contribution in [1.29, 1.82) is 0 Å². The second-order valence-corrected chi connectivity index (χ2v) is 5.89. The molecule has 3 rings (SSSR count). The number of nitrogens with zero attached hydrogens (tertiary/aromatic N) is 2. The molecule has 104 valence electrons. The predicted molar refractivity (Wildman–Crippen MR) is 76.0 cm³/mol. The summed E-state index contributed by atoms with van der Waals surface area (Å²) in [6.07, 6.45) is 5.95. The van der Waals surface area contributed by atoms with Gasteiger partial charge in [-0.1, -0.05) is 0 Å². The standard InChI is InChI=1S/C13H14N4O2S/c1-17-6-7(5-15-17)12(19)16-13-10(11(14)18)8-3-2-4-9(8)20-13/h5-6H,2-4H2,1H3,(H2,14,18)(H,16,19). The number of carbonyl (C=O) groups is 2. The molecule has 1 aliphatic rings. The predicted octanol–water partition coefficient (Wildman–Crippen LogP) is 1.32. The first kappa shape index (κ1) is 12.9. The Hall–Kier alpha value is -2.15. The van der Waals surface area contributed by atoms with Crippen molar-refractivity contribution in [3.63, 3.8) is 0 Å². The Labute approximate surface area is 119 Å². The third-order valence-corrected chi connectivity index (χ3v) is 4.57. The number of anilines is 1. The molecule has 0 unspecified atom stereocenters. The fourth-order valence-corrected chi connectivity index (χ4v) is 3.76. The number of hydrogen-bond donors (Lipinski definition) is 2. The Bertz CT molecular complexity index is 701. The van der Waals surface area contributed by atoms with E-state index in [1.165, 1.54) is 17.5 Å². The van der Waals surface area contributed by atoms with Crippen LogP contribution in [-0.4, -0.2) is 21.6 Å². The number of rotatable bonds is 3. The molecule has 7 heteroatoms. The van der Waals surface area contributed by atoms with E-state index in [0.717, 1.165) is 29.7 Å². The number of carbonyl (C=O) groups excluding carboxylic acids is 2. The fraction of sp³-hybridized carbons (Fsp3) is 0.308. The third-order valence-electron chi connectivity index (χ3n) is 3.36.